The molecule has 0 aliphatic carbocycles. The lowest BCUT2D eigenvalue weighted by Crippen LogP contribution is -2.33. The van der Waals surface area contributed by atoms with Crippen molar-refractivity contribution in [2.24, 2.45) is 0 Å². The summed E-state index contributed by atoms with van der Waals surface area (Å²) in [7, 11) is 0. The molecule has 0 radical (unpaired) electrons. The molecule has 1 atom stereocenters. The van der Waals surface area contributed by atoms with Crippen molar-refractivity contribution in [3.63, 3.8) is 0 Å². The summed E-state index contributed by atoms with van der Waals surface area (Å²) in [6.45, 7) is 4.85. The Morgan fingerprint density at radius 3 is 2.48 bits per heavy atom. The maximum Gasteiger partial charge on any atom is 0.123 e. The van der Waals surface area contributed by atoms with E-state index in [0.717, 1.165) is 36.1 Å². The van der Waals surface area contributed by atoms with Crippen LogP contribution in [-0.2, 0) is 12.8 Å². The second kappa shape index (κ2) is 7.32. The Balaban J connectivity index is 2.13. The number of aryl methyl sites for hydroxylation is 1. The highest BCUT2D eigenvalue weighted by molar-refractivity contribution is 5.28. The third kappa shape index (κ3) is 4.64. The monoisotopic (exact) mass is 289 g/mol. The molecule has 2 rings (SSSR count). The van der Waals surface area contributed by atoms with Crippen LogP contribution in [0.4, 0.5) is 8.78 Å². The van der Waals surface area contributed by atoms with Crippen LogP contribution in [0, 0.1) is 18.6 Å². The van der Waals surface area contributed by atoms with Gasteiger partial charge in [-0.15, -0.1) is 0 Å². The van der Waals surface area contributed by atoms with Crippen LogP contribution >= 0.6 is 0 Å². The number of rotatable bonds is 6. The summed E-state index contributed by atoms with van der Waals surface area (Å²) in [5.41, 5.74) is 3.03. The Hall–Kier alpha value is -1.74. The van der Waals surface area contributed by atoms with Gasteiger partial charge in [0.05, 0.1) is 0 Å². The molecule has 2 aromatic rings. The van der Waals surface area contributed by atoms with Gasteiger partial charge in [0, 0.05) is 6.04 Å². The summed E-state index contributed by atoms with van der Waals surface area (Å²) in [5, 5.41) is 3.40. The molecular weight excluding hydrogens is 268 g/mol. The zero-order chi connectivity index (χ0) is 15.2. The van der Waals surface area contributed by atoms with Crippen LogP contribution in [0.3, 0.4) is 0 Å². The zero-order valence-electron chi connectivity index (χ0n) is 12.5. The lowest BCUT2D eigenvalue weighted by Gasteiger charge is -2.19. The van der Waals surface area contributed by atoms with Gasteiger partial charge in [-0.05, 0) is 67.3 Å². The summed E-state index contributed by atoms with van der Waals surface area (Å²) in [6.07, 6.45) is 1.45. The van der Waals surface area contributed by atoms with E-state index in [-0.39, 0.29) is 17.7 Å². The number of hydrogen-bond acceptors (Lipinski definition) is 1. The number of nitrogens with one attached hydrogen (secondary N) is 1. The Morgan fingerprint density at radius 1 is 1.00 bits per heavy atom. The molecule has 0 aliphatic rings. The van der Waals surface area contributed by atoms with Gasteiger partial charge >= 0.3 is 0 Å². The number of halogens is 2. The highest BCUT2D eigenvalue weighted by Crippen LogP contribution is 2.15. The fraction of sp³-hybridized carbons (Fsp3) is 0.333. The minimum absolute atomic E-state index is 0.164. The molecule has 112 valence electrons. The smallest absolute Gasteiger partial charge is 0.123 e. The first-order chi connectivity index (χ1) is 10.1. The van der Waals surface area contributed by atoms with Gasteiger partial charge in [0.2, 0.25) is 0 Å². The molecule has 0 aromatic heterocycles. The second-order valence-corrected chi connectivity index (χ2v) is 5.36. The molecule has 0 bridgehead atoms. The maximum absolute atomic E-state index is 13.4. The minimum Gasteiger partial charge on any atom is -0.314 e. The topological polar surface area (TPSA) is 12.0 Å². The minimum atomic E-state index is -0.218. The molecule has 3 heteroatoms. The van der Waals surface area contributed by atoms with Crippen molar-refractivity contribution in [3.8, 4) is 0 Å². The Morgan fingerprint density at radius 2 is 1.76 bits per heavy atom. The lowest BCUT2D eigenvalue weighted by atomic mass is 9.96. The first-order valence-electron chi connectivity index (χ1n) is 7.31. The largest absolute Gasteiger partial charge is 0.314 e. The van der Waals surface area contributed by atoms with Crippen LogP contribution in [0.15, 0.2) is 42.5 Å². The molecule has 1 N–H and O–H groups in total. The second-order valence-electron chi connectivity index (χ2n) is 5.36. The van der Waals surface area contributed by atoms with Gasteiger partial charge in [0.15, 0.2) is 0 Å². The van der Waals surface area contributed by atoms with Gasteiger partial charge < -0.3 is 5.32 Å². The first-order valence-corrected chi connectivity index (χ1v) is 7.31. The van der Waals surface area contributed by atoms with E-state index >= 15 is 0 Å². The summed E-state index contributed by atoms with van der Waals surface area (Å²) in [4.78, 5) is 0. The normalized spacial score (nSPS) is 12.4. The molecule has 2 aromatic carbocycles. The van der Waals surface area contributed by atoms with Crippen molar-refractivity contribution in [3.05, 3.63) is 70.8 Å². The molecule has 1 unspecified atom stereocenters. The van der Waals surface area contributed by atoms with Crippen molar-refractivity contribution < 1.29 is 8.78 Å². The third-order valence-corrected chi connectivity index (χ3v) is 3.64. The maximum atomic E-state index is 13.4. The van der Waals surface area contributed by atoms with Crippen LogP contribution in [0.25, 0.3) is 0 Å². The van der Waals surface area contributed by atoms with Crippen LogP contribution < -0.4 is 5.32 Å². The lowest BCUT2D eigenvalue weighted by molar-refractivity contribution is 0.516. The van der Waals surface area contributed by atoms with Gasteiger partial charge in [-0.3, -0.25) is 0 Å². The predicted molar refractivity (Wildman–Crippen MR) is 82.4 cm³/mol. The number of hydrogen-bond donors (Lipinski definition) is 1. The van der Waals surface area contributed by atoms with E-state index in [4.69, 9.17) is 0 Å². The molecule has 1 nitrogen and oxygen atoms in total. The van der Waals surface area contributed by atoms with Crippen LogP contribution in [0.5, 0.6) is 0 Å². The predicted octanol–water partition coefficient (Wildman–Crippen LogP) is 4.04. The average Bonchev–Trinajstić information content (AvgIpc) is 2.43. The summed E-state index contributed by atoms with van der Waals surface area (Å²) in [6, 6.07) is 11.7. The van der Waals surface area contributed by atoms with E-state index < -0.39 is 0 Å². The van der Waals surface area contributed by atoms with Gasteiger partial charge in [-0.25, -0.2) is 8.78 Å². The summed E-state index contributed by atoms with van der Waals surface area (Å²) < 4.78 is 26.7. The van der Waals surface area contributed by atoms with Crippen LogP contribution in [-0.4, -0.2) is 12.6 Å². The highest BCUT2D eigenvalue weighted by Gasteiger charge is 2.12. The molecule has 0 amide bonds. The fourth-order valence-electron chi connectivity index (χ4n) is 2.58. The number of likely N-dealkylation sites (N-methyl/N-ethyl adjacent to an activating group) is 1. The quantitative estimate of drug-likeness (QED) is 0.846. The van der Waals surface area contributed by atoms with Gasteiger partial charge in [-0.2, -0.15) is 0 Å². The van der Waals surface area contributed by atoms with E-state index in [1.54, 1.807) is 24.3 Å². The summed E-state index contributed by atoms with van der Waals surface area (Å²) >= 11 is 0. The van der Waals surface area contributed by atoms with Crippen LogP contribution in [0.2, 0.25) is 0 Å². The molecule has 21 heavy (non-hydrogen) atoms. The van der Waals surface area contributed by atoms with Crippen LogP contribution in [0.1, 0.15) is 23.6 Å². The van der Waals surface area contributed by atoms with Crippen molar-refractivity contribution in [2.45, 2.75) is 32.7 Å². The van der Waals surface area contributed by atoms with E-state index in [2.05, 4.69) is 5.32 Å². The van der Waals surface area contributed by atoms with Gasteiger partial charge in [0.25, 0.3) is 0 Å². The molecule has 0 heterocycles. The SMILES string of the molecule is CCNC(Cc1cccc(F)c1)Cc1cc(F)ccc1C. The number of benzene rings is 2. The molecule has 0 fully saturated rings. The van der Waals surface area contributed by atoms with E-state index in [9.17, 15) is 8.78 Å². The van der Waals surface area contributed by atoms with Crippen molar-refractivity contribution in [1.82, 2.24) is 5.32 Å². The standard InChI is InChI=1S/C18H21F2N/c1-3-21-18(10-14-5-4-6-16(19)9-14)12-15-11-17(20)8-7-13(15)2/h4-9,11,18,21H,3,10,12H2,1-2H3. The van der Waals surface area contributed by atoms with Crippen molar-refractivity contribution in [1.29, 1.82) is 0 Å². The molecule has 0 spiro atoms. The highest BCUT2D eigenvalue weighted by atomic mass is 19.1. The molecule has 0 saturated heterocycles. The zero-order valence-corrected chi connectivity index (χ0v) is 12.5. The van der Waals surface area contributed by atoms with Crippen molar-refractivity contribution >= 4 is 0 Å². The van der Waals surface area contributed by atoms with E-state index in [0.29, 0.717) is 0 Å². The average molecular weight is 289 g/mol. The third-order valence-electron chi connectivity index (χ3n) is 3.64. The molecule has 0 aliphatic heterocycles. The summed E-state index contributed by atoms with van der Waals surface area (Å²) in [5.74, 6) is -0.429. The van der Waals surface area contributed by atoms with E-state index in [1.165, 1.54) is 12.1 Å². The Bertz CT molecular complexity index is 596. The molecule has 0 saturated carbocycles. The Kier molecular flexibility index (Phi) is 5.45. The van der Waals surface area contributed by atoms with Gasteiger partial charge in [-0.1, -0.05) is 25.1 Å². The van der Waals surface area contributed by atoms with E-state index in [1.807, 2.05) is 19.9 Å². The fourth-order valence-corrected chi connectivity index (χ4v) is 2.58. The van der Waals surface area contributed by atoms with Crippen molar-refractivity contribution in [2.75, 3.05) is 6.54 Å². The first kappa shape index (κ1) is 15.6. The molecular formula is C18H21F2N. The Labute approximate surface area is 125 Å². The van der Waals surface area contributed by atoms with Gasteiger partial charge in [0.1, 0.15) is 11.6 Å².